The van der Waals surface area contributed by atoms with Gasteiger partial charge >= 0.3 is 5.97 Å². The monoisotopic (exact) mass is 445 g/mol. The van der Waals surface area contributed by atoms with Gasteiger partial charge in [-0.2, -0.15) is 5.10 Å². The first-order valence-electron chi connectivity index (χ1n) is 8.78. The molecule has 0 saturated carbocycles. The Morgan fingerprint density at radius 3 is 2.45 bits per heavy atom. The summed E-state index contributed by atoms with van der Waals surface area (Å²) in [5.41, 5.74) is -0.0720. The van der Waals surface area contributed by atoms with Crippen LogP contribution in [0.4, 0.5) is 10.1 Å². The lowest BCUT2D eigenvalue weighted by molar-refractivity contribution is -0.117. The zero-order chi connectivity index (χ0) is 22.6. The topological polar surface area (TPSA) is 124 Å². The third-order valence-electron chi connectivity index (χ3n) is 4.11. The second kappa shape index (κ2) is 8.88. The number of halogens is 1. The number of nitrogens with one attached hydrogen (secondary N) is 1. The minimum Gasteiger partial charge on any atom is -0.465 e. The summed E-state index contributed by atoms with van der Waals surface area (Å²) in [7, 11) is -2.96. The molecule has 0 bridgehead atoms. The fraction of sp³-hybridized carbons (Fsp3) is 0.100. The summed E-state index contributed by atoms with van der Waals surface area (Å²) in [5, 5.41) is 5.75. The molecule has 3 aromatic rings. The zero-order valence-corrected chi connectivity index (χ0v) is 16.9. The van der Waals surface area contributed by atoms with Crippen LogP contribution in [0, 0.1) is 5.82 Å². The second-order valence-electron chi connectivity index (χ2n) is 6.25. The highest BCUT2D eigenvalue weighted by Gasteiger charge is 2.21. The molecule has 0 unspecified atom stereocenters. The van der Waals surface area contributed by atoms with Gasteiger partial charge in [0.05, 0.1) is 17.6 Å². The number of carbonyl (C=O) groups is 2. The molecule has 0 radical (unpaired) electrons. The van der Waals surface area contributed by atoms with Gasteiger partial charge in [-0.25, -0.2) is 22.3 Å². The van der Waals surface area contributed by atoms with Crippen molar-refractivity contribution >= 4 is 27.4 Å². The summed E-state index contributed by atoms with van der Waals surface area (Å²) in [6, 6.07) is 12.1. The highest BCUT2D eigenvalue weighted by Crippen LogP contribution is 2.18. The van der Waals surface area contributed by atoms with Crippen LogP contribution in [-0.4, -0.2) is 37.2 Å². The molecule has 0 spiro atoms. The van der Waals surface area contributed by atoms with Gasteiger partial charge in [0.25, 0.3) is 5.56 Å². The van der Waals surface area contributed by atoms with Gasteiger partial charge in [-0.05, 0) is 48.5 Å². The summed E-state index contributed by atoms with van der Waals surface area (Å²) in [4.78, 5) is 35.4. The van der Waals surface area contributed by atoms with Crippen molar-refractivity contribution in [3.05, 3.63) is 82.4 Å². The van der Waals surface area contributed by atoms with Gasteiger partial charge in [-0.1, -0.05) is 6.07 Å². The number of hydrogen-bond donors (Lipinski definition) is 1. The second-order valence-corrected chi connectivity index (χ2v) is 8.14. The van der Waals surface area contributed by atoms with Crippen LogP contribution in [0.3, 0.4) is 0 Å². The van der Waals surface area contributed by atoms with E-state index >= 15 is 0 Å². The van der Waals surface area contributed by atoms with E-state index in [1.807, 2.05) is 0 Å². The summed E-state index contributed by atoms with van der Waals surface area (Å²) in [6.07, 6.45) is 0. The Hall–Kier alpha value is -3.86. The number of ether oxygens (including phenoxy) is 1. The van der Waals surface area contributed by atoms with E-state index in [4.69, 9.17) is 0 Å². The first kappa shape index (κ1) is 21.8. The SMILES string of the molecule is COC(=O)c1ccc(NC(=O)Cn2nc(S(=O)(=O)c3cccc(F)c3)ccc2=O)cc1. The molecule has 1 heterocycles. The average molecular weight is 445 g/mol. The van der Waals surface area contributed by atoms with E-state index in [1.165, 1.54) is 43.5 Å². The molecule has 1 amide bonds. The molecule has 11 heteroatoms. The number of benzene rings is 2. The summed E-state index contributed by atoms with van der Waals surface area (Å²) >= 11 is 0. The van der Waals surface area contributed by atoms with E-state index in [2.05, 4.69) is 15.2 Å². The first-order chi connectivity index (χ1) is 14.7. The Morgan fingerprint density at radius 1 is 1.10 bits per heavy atom. The number of methoxy groups -OCH3 is 1. The number of anilines is 1. The fourth-order valence-electron chi connectivity index (χ4n) is 2.59. The summed E-state index contributed by atoms with van der Waals surface area (Å²) in [5.74, 6) is -1.93. The van der Waals surface area contributed by atoms with Crippen molar-refractivity contribution in [2.75, 3.05) is 12.4 Å². The quantitative estimate of drug-likeness (QED) is 0.572. The Kier molecular flexibility index (Phi) is 6.25. The van der Waals surface area contributed by atoms with E-state index in [0.717, 1.165) is 24.3 Å². The smallest absolute Gasteiger partial charge is 0.337 e. The van der Waals surface area contributed by atoms with Gasteiger partial charge in [0.1, 0.15) is 12.4 Å². The third kappa shape index (κ3) is 5.01. The van der Waals surface area contributed by atoms with E-state index in [0.29, 0.717) is 10.4 Å². The van der Waals surface area contributed by atoms with Crippen LogP contribution in [0.15, 0.2) is 75.4 Å². The molecule has 2 aromatic carbocycles. The molecule has 9 nitrogen and oxygen atoms in total. The van der Waals surface area contributed by atoms with E-state index in [-0.39, 0.29) is 10.5 Å². The number of amides is 1. The molecule has 0 aliphatic heterocycles. The van der Waals surface area contributed by atoms with Crippen molar-refractivity contribution in [3.8, 4) is 0 Å². The molecular formula is C20H16FN3O6S. The van der Waals surface area contributed by atoms with Gasteiger partial charge in [-0.3, -0.25) is 9.59 Å². The van der Waals surface area contributed by atoms with Crippen molar-refractivity contribution in [2.24, 2.45) is 0 Å². The average Bonchev–Trinajstić information content (AvgIpc) is 2.75. The molecule has 0 fully saturated rings. The van der Waals surface area contributed by atoms with Gasteiger partial charge in [0.2, 0.25) is 15.7 Å². The zero-order valence-electron chi connectivity index (χ0n) is 16.1. The molecule has 0 atom stereocenters. The maximum absolute atomic E-state index is 13.4. The molecule has 0 saturated heterocycles. The number of rotatable bonds is 6. The van der Waals surface area contributed by atoms with Crippen molar-refractivity contribution in [3.63, 3.8) is 0 Å². The maximum atomic E-state index is 13.4. The number of nitrogens with zero attached hydrogens (tertiary/aromatic N) is 2. The molecule has 0 aliphatic rings. The predicted octanol–water partition coefficient (Wildman–Crippen LogP) is 1.64. The molecule has 160 valence electrons. The standard InChI is InChI=1S/C20H16FN3O6S/c1-30-20(27)13-5-7-15(8-6-13)22-17(25)12-24-19(26)10-9-18(23-24)31(28,29)16-4-2-3-14(21)11-16/h2-11H,12H2,1H3,(H,22,25). The minimum absolute atomic E-state index is 0.286. The maximum Gasteiger partial charge on any atom is 0.337 e. The van der Waals surface area contributed by atoms with Crippen molar-refractivity contribution in [1.29, 1.82) is 0 Å². The molecular weight excluding hydrogens is 429 g/mol. The van der Waals surface area contributed by atoms with Gasteiger partial charge in [0, 0.05) is 11.8 Å². The van der Waals surface area contributed by atoms with Crippen molar-refractivity contribution in [2.45, 2.75) is 16.5 Å². The molecule has 1 aromatic heterocycles. The van der Waals surface area contributed by atoms with E-state index in [1.54, 1.807) is 0 Å². The number of hydrogen-bond acceptors (Lipinski definition) is 7. The third-order valence-corrected chi connectivity index (χ3v) is 5.75. The number of sulfone groups is 1. The highest BCUT2D eigenvalue weighted by molar-refractivity contribution is 7.91. The number of esters is 1. The Labute approximate surface area is 176 Å². The summed E-state index contributed by atoms with van der Waals surface area (Å²) in [6.45, 7) is -0.565. The molecule has 31 heavy (non-hydrogen) atoms. The Bertz CT molecular complexity index is 1300. The van der Waals surface area contributed by atoms with Crippen molar-refractivity contribution < 1.29 is 27.1 Å². The lowest BCUT2D eigenvalue weighted by Gasteiger charge is -2.09. The molecule has 0 aliphatic carbocycles. The largest absolute Gasteiger partial charge is 0.465 e. The van der Waals surface area contributed by atoms with Crippen LogP contribution >= 0.6 is 0 Å². The van der Waals surface area contributed by atoms with Crippen LogP contribution in [0.25, 0.3) is 0 Å². The molecule has 3 rings (SSSR count). The van der Waals surface area contributed by atoms with Crippen LogP contribution in [-0.2, 0) is 25.9 Å². The van der Waals surface area contributed by atoms with Crippen molar-refractivity contribution in [1.82, 2.24) is 9.78 Å². The van der Waals surface area contributed by atoms with Crippen LogP contribution in [0.5, 0.6) is 0 Å². The van der Waals surface area contributed by atoms with Crippen LogP contribution in [0.2, 0.25) is 0 Å². The minimum atomic E-state index is -4.20. The van der Waals surface area contributed by atoms with E-state index < -0.39 is 44.7 Å². The van der Waals surface area contributed by atoms with E-state index in [9.17, 15) is 27.2 Å². The fourth-order valence-corrected chi connectivity index (χ4v) is 3.81. The predicted molar refractivity (Wildman–Crippen MR) is 107 cm³/mol. The number of carbonyl (C=O) groups excluding carboxylic acids is 2. The number of aromatic nitrogens is 2. The Balaban J connectivity index is 1.80. The summed E-state index contributed by atoms with van der Waals surface area (Å²) < 4.78 is 44.0. The van der Waals surface area contributed by atoms with Gasteiger partial charge in [-0.15, -0.1) is 0 Å². The lowest BCUT2D eigenvalue weighted by Crippen LogP contribution is -2.30. The lowest BCUT2D eigenvalue weighted by atomic mass is 10.2. The van der Waals surface area contributed by atoms with Crippen LogP contribution in [0.1, 0.15) is 10.4 Å². The normalized spacial score (nSPS) is 11.0. The Morgan fingerprint density at radius 2 is 1.81 bits per heavy atom. The first-order valence-corrected chi connectivity index (χ1v) is 10.3. The van der Waals surface area contributed by atoms with Gasteiger partial charge in [0.15, 0.2) is 5.03 Å². The van der Waals surface area contributed by atoms with Gasteiger partial charge < -0.3 is 10.1 Å². The van der Waals surface area contributed by atoms with Crippen LogP contribution < -0.4 is 10.9 Å². The highest BCUT2D eigenvalue weighted by atomic mass is 32.2. The molecule has 1 N–H and O–H groups in total.